The number of ether oxygens (including phenoxy) is 6. The second kappa shape index (κ2) is 18.0. The van der Waals surface area contributed by atoms with E-state index in [2.05, 4.69) is 69.2 Å². The van der Waals surface area contributed by atoms with Crippen LogP contribution in [0.4, 0.5) is 0 Å². The minimum Gasteiger partial charge on any atom is -0.507 e. The van der Waals surface area contributed by atoms with Crippen LogP contribution in [0.2, 0.25) is 0 Å². The summed E-state index contributed by atoms with van der Waals surface area (Å²) in [6, 6.07) is 7.99. The molecule has 0 aliphatic carbocycles. The fourth-order valence-corrected chi connectivity index (χ4v) is 7.32. The first-order chi connectivity index (χ1) is 26.2. The lowest BCUT2D eigenvalue weighted by Crippen LogP contribution is -2.57. The van der Waals surface area contributed by atoms with Gasteiger partial charge in [0, 0.05) is 23.7 Å². The van der Waals surface area contributed by atoms with E-state index in [1.807, 2.05) is 52.0 Å². The number of aromatic hydroxyl groups is 2. The van der Waals surface area contributed by atoms with Crippen LogP contribution in [0.3, 0.4) is 0 Å². The van der Waals surface area contributed by atoms with Crippen LogP contribution in [0, 0.1) is 16.2 Å². The largest absolute Gasteiger partial charge is 0.507 e. The lowest BCUT2D eigenvalue weighted by atomic mass is 9.82. The van der Waals surface area contributed by atoms with Crippen LogP contribution >= 0.6 is 0 Å². The lowest BCUT2D eigenvalue weighted by Gasteiger charge is -2.48. The van der Waals surface area contributed by atoms with Crippen LogP contribution in [0.1, 0.15) is 155 Å². The zero-order valence-electron chi connectivity index (χ0n) is 37.4. The molecule has 2 fully saturated rings. The Bertz CT molecular complexity index is 1560. The lowest BCUT2D eigenvalue weighted by molar-refractivity contribution is -0.337. The molecule has 2 N–H and O–H groups in total. The molecule has 2 aliphatic heterocycles. The molecule has 0 atom stereocenters. The van der Waals surface area contributed by atoms with Gasteiger partial charge in [-0.3, -0.25) is 9.59 Å². The fraction of sp³-hybridized carbons (Fsp3) is 0.702. The number of phenols is 2. The average Bonchev–Trinajstić information content (AvgIpc) is 3.11. The molecule has 4 rings (SSSR count). The number of phenolic OH excluding ortho intramolecular Hbond substituents is 2. The number of rotatable bonds is 14. The van der Waals surface area contributed by atoms with Crippen molar-refractivity contribution >= 4 is 11.9 Å². The fourth-order valence-electron chi connectivity index (χ4n) is 7.32. The highest BCUT2D eigenvalue weighted by molar-refractivity contribution is 5.70. The Hall–Kier alpha value is -3.18. The van der Waals surface area contributed by atoms with Crippen molar-refractivity contribution in [3.05, 3.63) is 57.6 Å². The Morgan fingerprint density at radius 2 is 0.930 bits per heavy atom. The predicted octanol–water partition coefficient (Wildman–Crippen LogP) is 9.38. The van der Waals surface area contributed by atoms with E-state index in [4.69, 9.17) is 28.4 Å². The first kappa shape index (κ1) is 46.5. The zero-order chi connectivity index (χ0) is 42.7. The smallest absolute Gasteiger partial charge is 0.306 e. The molecule has 0 radical (unpaired) electrons. The van der Waals surface area contributed by atoms with E-state index in [1.54, 1.807) is 0 Å². The van der Waals surface area contributed by atoms with Crippen molar-refractivity contribution in [2.45, 2.75) is 158 Å². The minimum atomic E-state index is -0.599. The SMILES string of the molecule is CC(C)c1cc(CCC(=O)OCC(C)(C)C2OCC3(CO2)COC(C(C)(C)COC(=O)CCc2cc(C(C)C)c(O)c(C(C)(C)C)c2)OC3)cc(C(C)(C)C)c1O. The maximum atomic E-state index is 12.9. The topological polar surface area (TPSA) is 130 Å². The molecule has 0 aromatic heterocycles. The molecule has 2 aromatic rings. The van der Waals surface area contributed by atoms with Gasteiger partial charge in [0.25, 0.3) is 0 Å². The van der Waals surface area contributed by atoms with Crippen molar-refractivity contribution in [3.63, 3.8) is 0 Å². The molecule has 0 saturated carbocycles. The molecule has 0 bridgehead atoms. The summed E-state index contributed by atoms with van der Waals surface area (Å²) in [7, 11) is 0. The Kier molecular flexibility index (Phi) is 14.7. The quantitative estimate of drug-likeness (QED) is 0.179. The third-order valence-electron chi connectivity index (χ3n) is 11.1. The van der Waals surface area contributed by atoms with Gasteiger partial charge in [-0.05, 0) is 68.9 Å². The maximum Gasteiger partial charge on any atom is 0.306 e. The van der Waals surface area contributed by atoms with Crippen molar-refractivity contribution < 1.29 is 48.2 Å². The second-order valence-electron chi connectivity index (χ2n) is 20.7. The highest BCUT2D eigenvalue weighted by Crippen LogP contribution is 2.41. The van der Waals surface area contributed by atoms with E-state index in [0.717, 1.165) is 33.4 Å². The molecule has 2 heterocycles. The van der Waals surface area contributed by atoms with Gasteiger partial charge < -0.3 is 38.6 Å². The van der Waals surface area contributed by atoms with Crippen LogP contribution in [0.15, 0.2) is 24.3 Å². The van der Waals surface area contributed by atoms with Gasteiger partial charge in [-0.1, -0.05) is 121 Å². The average molecular weight is 797 g/mol. The molecule has 2 aromatic carbocycles. The van der Waals surface area contributed by atoms with E-state index < -0.39 is 28.8 Å². The highest BCUT2D eigenvalue weighted by Gasteiger charge is 2.48. The molecule has 2 saturated heterocycles. The Morgan fingerprint density at radius 3 is 1.21 bits per heavy atom. The van der Waals surface area contributed by atoms with Gasteiger partial charge in [-0.25, -0.2) is 0 Å². The monoisotopic (exact) mass is 797 g/mol. The molecule has 0 unspecified atom stereocenters. The zero-order valence-corrected chi connectivity index (χ0v) is 37.4. The van der Waals surface area contributed by atoms with Crippen LogP contribution in [-0.2, 0) is 61.7 Å². The number of hydrogen-bond acceptors (Lipinski definition) is 10. The van der Waals surface area contributed by atoms with Crippen LogP contribution in [0.5, 0.6) is 11.5 Å². The highest BCUT2D eigenvalue weighted by atomic mass is 16.7. The molecule has 0 amide bonds. The Labute approximate surface area is 342 Å². The van der Waals surface area contributed by atoms with Gasteiger partial charge in [0.1, 0.15) is 24.7 Å². The van der Waals surface area contributed by atoms with Gasteiger partial charge in [-0.2, -0.15) is 0 Å². The van der Waals surface area contributed by atoms with Crippen LogP contribution in [0.25, 0.3) is 0 Å². The van der Waals surface area contributed by atoms with Crippen LogP contribution in [-0.4, -0.2) is 74.4 Å². The number of carbonyl (C=O) groups excluding carboxylic acids is 2. The first-order valence-electron chi connectivity index (χ1n) is 20.7. The first-order valence-corrected chi connectivity index (χ1v) is 20.7. The van der Waals surface area contributed by atoms with Gasteiger partial charge in [-0.15, -0.1) is 0 Å². The van der Waals surface area contributed by atoms with Gasteiger partial charge in [0.05, 0.1) is 31.8 Å². The second-order valence-corrected chi connectivity index (χ2v) is 20.7. The number of benzene rings is 2. The van der Waals surface area contributed by atoms with E-state index in [9.17, 15) is 19.8 Å². The molecular weight excluding hydrogens is 725 g/mol. The van der Waals surface area contributed by atoms with Gasteiger partial charge in [0.15, 0.2) is 12.6 Å². The third kappa shape index (κ3) is 12.0. The van der Waals surface area contributed by atoms with E-state index in [-0.39, 0.29) is 60.7 Å². The Morgan fingerprint density at radius 1 is 0.614 bits per heavy atom. The molecule has 2 aliphatic rings. The summed E-state index contributed by atoms with van der Waals surface area (Å²) < 4.78 is 36.4. The van der Waals surface area contributed by atoms with Gasteiger partial charge >= 0.3 is 11.9 Å². The Balaban J connectivity index is 1.21. The molecular formula is C47H72O10. The summed E-state index contributed by atoms with van der Waals surface area (Å²) in [5.41, 5.74) is 3.40. The van der Waals surface area contributed by atoms with E-state index in [1.165, 1.54) is 0 Å². The number of hydrogen-bond donors (Lipinski definition) is 2. The van der Waals surface area contributed by atoms with Crippen molar-refractivity contribution in [3.8, 4) is 11.5 Å². The predicted molar refractivity (Wildman–Crippen MR) is 222 cm³/mol. The van der Waals surface area contributed by atoms with Gasteiger partial charge in [0.2, 0.25) is 0 Å². The molecule has 10 heteroatoms. The minimum absolute atomic E-state index is 0.136. The summed E-state index contributed by atoms with van der Waals surface area (Å²) in [5.74, 6) is 0.381. The molecule has 10 nitrogen and oxygen atoms in total. The number of carbonyl (C=O) groups is 2. The standard InChI is InChI=1S/C47H72O10/c1-29(2)33-19-31(21-35(39(33)50)43(5,6)7)15-17-37(48)52-23-45(11,12)41-54-25-47(26-55-41)27-56-42(57-28-47)46(13,14)24-53-38(49)18-16-32-20-34(30(3)4)40(51)36(22-32)44(8,9)10/h19-22,29-30,41-42,50-51H,15-18,23-28H2,1-14H3. The normalized spacial score (nSPS) is 21.0. The van der Waals surface area contributed by atoms with E-state index >= 15 is 0 Å². The van der Waals surface area contributed by atoms with Crippen LogP contribution < -0.4 is 0 Å². The third-order valence-corrected chi connectivity index (χ3v) is 11.1. The molecule has 57 heavy (non-hydrogen) atoms. The maximum absolute atomic E-state index is 12.9. The summed E-state index contributed by atoms with van der Waals surface area (Å²) in [6.07, 6.45) is 0.313. The molecule has 1 spiro atoms. The van der Waals surface area contributed by atoms with Crippen molar-refractivity contribution in [2.24, 2.45) is 16.2 Å². The summed E-state index contributed by atoms with van der Waals surface area (Å²) in [5, 5.41) is 21.8. The molecule has 320 valence electrons. The summed E-state index contributed by atoms with van der Waals surface area (Å²) in [4.78, 5) is 25.8. The summed E-state index contributed by atoms with van der Waals surface area (Å²) >= 11 is 0. The van der Waals surface area contributed by atoms with Crippen molar-refractivity contribution in [1.82, 2.24) is 0 Å². The number of aryl methyl sites for hydroxylation is 2. The van der Waals surface area contributed by atoms with E-state index in [0.29, 0.717) is 50.8 Å². The van der Waals surface area contributed by atoms with Crippen molar-refractivity contribution in [2.75, 3.05) is 39.6 Å². The van der Waals surface area contributed by atoms with Crippen molar-refractivity contribution in [1.29, 1.82) is 0 Å². The number of esters is 2. The summed E-state index contributed by atoms with van der Waals surface area (Å²) in [6.45, 7) is 30.2.